The van der Waals surface area contributed by atoms with E-state index in [2.05, 4.69) is 5.32 Å². The molecule has 36 heavy (non-hydrogen) atoms. The monoisotopic (exact) mass is 507 g/mol. The summed E-state index contributed by atoms with van der Waals surface area (Å²) in [5.41, 5.74) is 2.89. The Kier molecular flexibility index (Phi) is 6.84. The van der Waals surface area contributed by atoms with Gasteiger partial charge in [-0.3, -0.25) is 34.7 Å². The molecule has 0 saturated carbocycles. The lowest BCUT2D eigenvalue weighted by atomic mass is 10.0. The standard InChI is InChI=1S/C25H25N5O5S/c1-15-4-5-16(2)22(12-15)29-24(33)20(23(32)26-25(29)36)14-18-13-19(30(34)35)6-7-21(18)28-10-8-27(9-11-28)17(3)31/h4-7,12-14H,8-11H2,1-3H3,(H,26,32,36)/b20-14-. The summed E-state index contributed by atoms with van der Waals surface area (Å²) in [4.78, 5) is 54.1. The van der Waals surface area contributed by atoms with Crippen molar-refractivity contribution in [1.82, 2.24) is 10.2 Å². The van der Waals surface area contributed by atoms with Gasteiger partial charge in [-0.15, -0.1) is 0 Å². The molecule has 1 N–H and O–H groups in total. The Hall–Kier alpha value is -4.12. The van der Waals surface area contributed by atoms with Gasteiger partial charge in [-0.05, 0) is 55.4 Å². The van der Waals surface area contributed by atoms with Gasteiger partial charge < -0.3 is 9.80 Å². The highest BCUT2D eigenvalue weighted by atomic mass is 32.1. The third-order valence-corrected chi connectivity index (χ3v) is 6.58. The molecule has 11 heteroatoms. The van der Waals surface area contributed by atoms with Crippen molar-refractivity contribution in [3.8, 4) is 0 Å². The van der Waals surface area contributed by atoms with Gasteiger partial charge in [0.1, 0.15) is 5.57 Å². The van der Waals surface area contributed by atoms with Crippen molar-refractivity contribution in [3.05, 3.63) is 68.8 Å². The number of benzene rings is 2. The number of rotatable bonds is 4. The molecule has 3 amide bonds. The predicted octanol–water partition coefficient (Wildman–Crippen LogP) is 2.71. The normalized spacial score (nSPS) is 17.5. The molecule has 0 spiro atoms. The van der Waals surface area contributed by atoms with Gasteiger partial charge in [0.2, 0.25) is 5.91 Å². The second-order valence-corrected chi connectivity index (χ2v) is 9.13. The molecule has 4 rings (SSSR count). The van der Waals surface area contributed by atoms with Crippen LogP contribution in [0, 0.1) is 24.0 Å². The number of non-ortho nitro benzene ring substituents is 1. The van der Waals surface area contributed by atoms with Crippen molar-refractivity contribution in [1.29, 1.82) is 0 Å². The molecule has 2 aromatic carbocycles. The Balaban J connectivity index is 1.77. The van der Waals surface area contributed by atoms with Crippen LogP contribution >= 0.6 is 12.2 Å². The number of nitro groups is 1. The van der Waals surface area contributed by atoms with E-state index in [1.807, 2.05) is 36.9 Å². The zero-order chi connectivity index (χ0) is 26.1. The smallest absolute Gasteiger partial charge is 0.270 e. The summed E-state index contributed by atoms with van der Waals surface area (Å²) >= 11 is 5.32. The Bertz CT molecular complexity index is 1330. The first-order valence-corrected chi connectivity index (χ1v) is 11.7. The van der Waals surface area contributed by atoms with E-state index in [0.717, 1.165) is 11.1 Å². The van der Waals surface area contributed by atoms with E-state index < -0.39 is 16.7 Å². The summed E-state index contributed by atoms with van der Waals surface area (Å²) in [5, 5.41) is 14.0. The topological polar surface area (TPSA) is 116 Å². The van der Waals surface area contributed by atoms with E-state index in [1.54, 1.807) is 11.0 Å². The lowest BCUT2D eigenvalue weighted by Gasteiger charge is -2.36. The highest BCUT2D eigenvalue weighted by Crippen LogP contribution is 2.31. The van der Waals surface area contributed by atoms with Crippen molar-refractivity contribution in [2.45, 2.75) is 20.8 Å². The molecule has 10 nitrogen and oxygen atoms in total. The molecule has 0 radical (unpaired) electrons. The number of aryl methyl sites for hydroxylation is 2. The number of amides is 3. The molecule has 2 aromatic rings. The van der Waals surface area contributed by atoms with Crippen LogP contribution in [-0.4, -0.2) is 58.8 Å². The molecular formula is C25H25N5O5S. The van der Waals surface area contributed by atoms with E-state index in [1.165, 1.54) is 30.0 Å². The molecule has 2 aliphatic heterocycles. The Morgan fingerprint density at radius 2 is 1.75 bits per heavy atom. The number of hydrogen-bond acceptors (Lipinski definition) is 7. The van der Waals surface area contributed by atoms with Crippen LogP contribution in [0.4, 0.5) is 17.1 Å². The summed E-state index contributed by atoms with van der Waals surface area (Å²) < 4.78 is 0. The van der Waals surface area contributed by atoms with Crippen LogP contribution in [0.25, 0.3) is 6.08 Å². The SMILES string of the molecule is CC(=O)N1CCN(c2ccc([N+](=O)[O-])cc2/C=C2/C(=O)NC(=S)N(c3cc(C)ccc3C)C2=O)CC1. The van der Waals surface area contributed by atoms with Gasteiger partial charge in [0.15, 0.2) is 5.11 Å². The predicted molar refractivity (Wildman–Crippen MR) is 140 cm³/mol. The second kappa shape index (κ2) is 9.86. The highest BCUT2D eigenvalue weighted by molar-refractivity contribution is 7.80. The molecule has 0 aromatic heterocycles. The number of carbonyl (C=O) groups is 3. The number of nitrogens with one attached hydrogen (secondary N) is 1. The fraction of sp³-hybridized carbons (Fsp3) is 0.280. The largest absolute Gasteiger partial charge is 0.367 e. The fourth-order valence-electron chi connectivity index (χ4n) is 4.31. The first-order valence-electron chi connectivity index (χ1n) is 11.3. The average Bonchev–Trinajstić information content (AvgIpc) is 2.83. The minimum absolute atomic E-state index is 0.0207. The van der Waals surface area contributed by atoms with E-state index in [4.69, 9.17) is 12.2 Å². The second-order valence-electron chi connectivity index (χ2n) is 8.74. The van der Waals surface area contributed by atoms with Crippen LogP contribution in [0.2, 0.25) is 0 Å². The number of thiocarbonyl (C=S) groups is 1. The number of anilines is 2. The van der Waals surface area contributed by atoms with Crippen LogP contribution in [0.15, 0.2) is 42.0 Å². The van der Waals surface area contributed by atoms with Gasteiger partial charge in [0.25, 0.3) is 17.5 Å². The molecular weight excluding hydrogens is 482 g/mol. The van der Waals surface area contributed by atoms with Gasteiger partial charge in [0, 0.05) is 56.5 Å². The molecule has 0 aliphatic carbocycles. The maximum Gasteiger partial charge on any atom is 0.270 e. The lowest BCUT2D eigenvalue weighted by molar-refractivity contribution is -0.384. The van der Waals surface area contributed by atoms with Gasteiger partial charge in [0.05, 0.1) is 10.6 Å². The van der Waals surface area contributed by atoms with Gasteiger partial charge >= 0.3 is 0 Å². The van der Waals surface area contributed by atoms with Crippen molar-refractivity contribution in [3.63, 3.8) is 0 Å². The average molecular weight is 508 g/mol. The van der Waals surface area contributed by atoms with Crippen LogP contribution < -0.4 is 15.1 Å². The van der Waals surface area contributed by atoms with Crippen LogP contribution in [0.1, 0.15) is 23.6 Å². The van der Waals surface area contributed by atoms with E-state index in [-0.39, 0.29) is 22.3 Å². The van der Waals surface area contributed by atoms with Crippen molar-refractivity contribution in [2.75, 3.05) is 36.0 Å². The van der Waals surface area contributed by atoms with Crippen LogP contribution in [0.5, 0.6) is 0 Å². The van der Waals surface area contributed by atoms with Crippen molar-refractivity contribution < 1.29 is 19.3 Å². The maximum atomic E-state index is 13.6. The number of piperazine rings is 1. The Morgan fingerprint density at radius 1 is 1.06 bits per heavy atom. The quantitative estimate of drug-likeness (QED) is 0.222. The summed E-state index contributed by atoms with van der Waals surface area (Å²) in [7, 11) is 0. The number of nitrogens with zero attached hydrogens (tertiary/aromatic N) is 4. The summed E-state index contributed by atoms with van der Waals surface area (Å²) in [6.07, 6.45) is 1.37. The zero-order valence-corrected chi connectivity index (χ0v) is 20.9. The number of nitro benzene ring substituents is 1. The minimum atomic E-state index is -0.676. The van der Waals surface area contributed by atoms with Crippen LogP contribution in [0.3, 0.4) is 0 Å². The van der Waals surface area contributed by atoms with Gasteiger partial charge in [-0.1, -0.05) is 12.1 Å². The Morgan fingerprint density at radius 3 is 2.39 bits per heavy atom. The van der Waals surface area contributed by atoms with Crippen LogP contribution in [-0.2, 0) is 14.4 Å². The summed E-state index contributed by atoms with van der Waals surface area (Å²) in [6, 6.07) is 9.91. The molecule has 2 heterocycles. The molecule has 2 fully saturated rings. The van der Waals surface area contributed by atoms with E-state index in [0.29, 0.717) is 43.1 Å². The molecule has 0 bridgehead atoms. The molecule has 2 aliphatic rings. The van der Waals surface area contributed by atoms with Gasteiger partial charge in [-0.2, -0.15) is 0 Å². The minimum Gasteiger partial charge on any atom is -0.367 e. The van der Waals surface area contributed by atoms with Gasteiger partial charge in [-0.25, -0.2) is 0 Å². The highest BCUT2D eigenvalue weighted by Gasteiger charge is 2.35. The van der Waals surface area contributed by atoms with Crippen molar-refractivity contribution in [2.24, 2.45) is 0 Å². The fourth-order valence-corrected chi connectivity index (χ4v) is 4.59. The first kappa shape index (κ1) is 25.0. The van der Waals surface area contributed by atoms with E-state index in [9.17, 15) is 24.5 Å². The third-order valence-electron chi connectivity index (χ3n) is 6.29. The molecule has 2 saturated heterocycles. The zero-order valence-electron chi connectivity index (χ0n) is 20.1. The summed E-state index contributed by atoms with van der Waals surface area (Å²) in [6.45, 7) is 7.24. The Labute approximate surface area is 213 Å². The molecule has 186 valence electrons. The molecule has 0 unspecified atom stereocenters. The number of hydrogen-bond donors (Lipinski definition) is 1. The maximum absolute atomic E-state index is 13.6. The summed E-state index contributed by atoms with van der Waals surface area (Å²) in [5.74, 6) is -1.31. The number of carbonyl (C=O) groups excluding carboxylic acids is 3. The first-order chi connectivity index (χ1) is 17.1. The van der Waals surface area contributed by atoms with Crippen molar-refractivity contribution >= 4 is 58.2 Å². The third kappa shape index (κ3) is 4.82. The van der Waals surface area contributed by atoms with E-state index >= 15 is 0 Å². The molecule has 0 atom stereocenters. The lowest BCUT2D eigenvalue weighted by Crippen LogP contribution is -2.54.